The summed E-state index contributed by atoms with van der Waals surface area (Å²) in [6, 6.07) is 0. The summed E-state index contributed by atoms with van der Waals surface area (Å²) in [5.41, 5.74) is 0.996. The van der Waals surface area contributed by atoms with Gasteiger partial charge >= 0.3 is 0 Å². The minimum Gasteiger partial charge on any atom is -0.388 e. The van der Waals surface area contributed by atoms with Crippen LogP contribution in [0.3, 0.4) is 0 Å². The van der Waals surface area contributed by atoms with Crippen LogP contribution in [0.4, 0.5) is 0 Å². The molecule has 0 aromatic heterocycles. The number of ether oxygens (including phenoxy) is 1. The topological polar surface area (TPSA) is 29.5 Å². The average Bonchev–Trinajstić information content (AvgIpc) is 2.36. The minimum atomic E-state index is -0.421. The quantitative estimate of drug-likeness (QED) is 0.604. The summed E-state index contributed by atoms with van der Waals surface area (Å²) in [7, 11) is 0. The van der Waals surface area contributed by atoms with Gasteiger partial charge in [0.1, 0.15) is 0 Å². The molecule has 1 aliphatic heterocycles. The molecule has 2 heteroatoms. The van der Waals surface area contributed by atoms with Crippen LogP contribution in [0.5, 0.6) is 0 Å². The van der Waals surface area contributed by atoms with Crippen LogP contribution < -0.4 is 0 Å². The SMILES string of the molecule is C=C1COCC1C(O)/C=C/C. The van der Waals surface area contributed by atoms with E-state index in [0.717, 1.165) is 5.57 Å². The fourth-order valence-electron chi connectivity index (χ4n) is 1.21. The van der Waals surface area contributed by atoms with Gasteiger partial charge in [0.2, 0.25) is 0 Å². The lowest BCUT2D eigenvalue weighted by Crippen LogP contribution is -2.19. The molecule has 2 unspecified atom stereocenters. The van der Waals surface area contributed by atoms with Crippen molar-refractivity contribution in [2.75, 3.05) is 13.2 Å². The molecule has 0 amide bonds. The Hall–Kier alpha value is -0.600. The third-order valence-electron chi connectivity index (χ3n) is 1.91. The van der Waals surface area contributed by atoms with Gasteiger partial charge in [0.15, 0.2) is 0 Å². The highest BCUT2D eigenvalue weighted by molar-refractivity contribution is 5.11. The van der Waals surface area contributed by atoms with Crippen LogP contribution in [-0.2, 0) is 4.74 Å². The standard InChI is InChI=1S/C9H14O2/c1-3-4-9(10)8-6-11-5-7(8)2/h3-4,8-10H,2,5-6H2,1H3/b4-3+. The van der Waals surface area contributed by atoms with Gasteiger partial charge in [-0.05, 0) is 12.5 Å². The van der Waals surface area contributed by atoms with Crippen molar-refractivity contribution in [3.63, 3.8) is 0 Å². The first-order valence-electron chi connectivity index (χ1n) is 3.82. The maximum atomic E-state index is 9.49. The van der Waals surface area contributed by atoms with Crippen molar-refractivity contribution >= 4 is 0 Å². The molecular weight excluding hydrogens is 140 g/mol. The molecule has 0 aliphatic carbocycles. The first-order chi connectivity index (χ1) is 5.25. The predicted molar refractivity (Wildman–Crippen MR) is 44.3 cm³/mol. The van der Waals surface area contributed by atoms with Crippen molar-refractivity contribution in [2.24, 2.45) is 5.92 Å². The number of allylic oxidation sites excluding steroid dienone is 1. The first kappa shape index (κ1) is 8.50. The molecule has 0 aromatic rings. The van der Waals surface area contributed by atoms with Gasteiger partial charge in [0, 0.05) is 5.92 Å². The molecule has 1 rings (SSSR count). The summed E-state index contributed by atoms with van der Waals surface area (Å²) in [4.78, 5) is 0. The van der Waals surface area contributed by atoms with Crippen molar-refractivity contribution in [1.82, 2.24) is 0 Å². The van der Waals surface area contributed by atoms with Gasteiger partial charge in [0.05, 0.1) is 19.3 Å². The number of aliphatic hydroxyl groups is 1. The zero-order chi connectivity index (χ0) is 8.27. The molecule has 2 atom stereocenters. The van der Waals surface area contributed by atoms with Crippen LogP contribution in [0.25, 0.3) is 0 Å². The molecular formula is C9H14O2. The number of rotatable bonds is 2. The molecule has 1 saturated heterocycles. The molecule has 0 radical (unpaired) electrons. The molecule has 0 saturated carbocycles. The predicted octanol–water partition coefficient (Wildman–Crippen LogP) is 1.13. The highest BCUT2D eigenvalue weighted by atomic mass is 16.5. The van der Waals surface area contributed by atoms with E-state index in [1.807, 2.05) is 13.0 Å². The lowest BCUT2D eigenvalue weighted by molar-refractivity contribution is 0.127. The second kappa shape index (κ2) is 3.69. The van der Waals surface area contributed by atoms with E-state index in [-0.39, 0.29) is 5.92 Å². The summed E-state index contributed by atoms with van der Waals surface area (Å²) in [5.74, 6) is 0.103. The van der Waals surface area contributed by atoms with Gasteiger partial charge in [-0.15, -0.1) is 0 Å². The van der Waals surface area contributed by atoms with Crippen LogP contribution in [0.2, 0.25) is 0 Å². The molecule has 1 N–H and O–H groups in total. The summed E-state index contributed by atoms with van der Waals surface area (Å²) < 4.78 is 5.14. The Balaban J connectivity index is 2.52. The maximum Gasteiger partial charge on any atom is 0.0809 e. The molecule has 11 heavy (non-hydrogen) atoms. The monoisotopic (exact) mass is 154 g/mol. The summed E-state index contributed by atoms with van der Waals surface area (Å²) >= 11 is 0. The van der Waals surface area contributed by atoms with Crippen molar-refractivity contribution < 1.29 is 9.84 Å². The van der Waals surface area contributed by atoms with Gasteiger partial charge in [-0.3, -0.25) is 0 Å². The molecule has 0 spiro atoms. The van der Waals surface area contributed by atoms with E-state index >= 15 is 0 Å². The lowest BCUT2D eigenvalue weighted by Gasteiger charge is -2.12. The Morgan fingerprint density at radius 3 is 3.00 bits per heavy atom. The second-order valence-electron chi connectivity index (χ2n) is 2.80. The first-order valence-corrected chi connectivity index (χ1v) is 3.82. The van der Waals surface area contributed by atoms with Crippen molar-refractivity contribution in [2.45, 2.75) is 13.0 Å². The normalized spacial score (nSPS) is 28.2. The molecule has 0 bridgehead atoms. The Morgan fingerprint density at radius 1 is 1.82 bits per heavy atom. The van der Waals surface area contributed by atoms with E-state index in [1.165, 1.54) is 0 Å². The summed E-state index contributed by atoms with van der Waals surface area (Å²) in [6.45, 7) is 6.91. The largest absolute Gasteiger partial charge is 0.388 e. The third-order valence-corrected chi connectivity index (χ3v) is 1.91. The fourth-order valence-corrected chi connectivity index (χ4v) is 1.21. The highest BCUT2D eigenvalue weighted by Gasteiger charge is 2.25. The molecule has 1 heterocycles. The van der Waals surface area contributed by atoms with Gasteiger partial charge in [-0.1, -0.05) is 18.7 Å². The van der Waals surface area contributed by atoms with Crippen LogP contribution >= 0.6 is 0 Å². The Morgan fingerprint density at radius 2 is 2.55 bits per heavy atom. The molecule has 1 aliphatic rings. The zero-order valence-electron chi connectivity index (χ0n) is 6.79. The van der Waals surface area contributed by atoms with Gasteiger partial charge < -0.3 is 9.84 Å². The lowest BCUT2D eigenvalue weighted by atomic mass is 9.97. The van der Waals surface area contributed by atoms with Crippen LogP contribution in [0.1, 0.15) is 6.92 Å². The molecule has 0 aromatic carbocycles. The van der Waals surface area contributed by atoms with Crippen LogP contribution in [0.15, 0.2) is 24.3 Å². The van der Waals surface area contributed by atoms with E-state index < -0.39 is 6.10 Å². The van der Waals surface area contributed by atoms with Crippen LogP contribution in [-0.4, -0.2) is 24.4 Å². The second-order valence-corrected chi connectivity index (χ2v) is 2.80. The Labute approximate surface area is 67.2 Å². The maximum absolute atomic E-state index is 9.49. The van der Waals surface area contributed by atoms with E-state index in [1.54, 1.807) is 6.08 Å². The summed E-state index contributed by atoms with van der Waals surface area (Å²) in [6.07, 6.45) is 3.19. The third kappa shape index (κ3) is 1.91. The number of hydrogen-bond acceptors (Lipinski definition) is 2. The van der Waals surface area contributed by atoms with E-state index in [0.29, 0.717) is 13.2 Å². The van der Waals surface area contributed by atoms with E-state index in [2.05, 4.69) is 6.58 Å². The number of aliphatic hydroxyl groups excluding tert-OH is 1. The zero-order valence-corrected chi connectivity index (χ0v) is 6.79. The Kier molecular flexibility index (Phi) is 2.85. The van der Waals surface area contributed by atoms with Gasteiger partial charge in [0.25, 0.3) is 0 Å². The number of hydrogen-bond donors (Lipinski definition) is 1. The molecule has 62 valence electrons. The summed E-state index contributed by atoms with van der Waals surface area (Å²) in [5, 5.41) is 9.49. The van der Waals surface area contributed by atoms with Crippen LogP contribution in [0, 0.1) is 5.92 Å². The van der Waals surface area contributed by atoms with E-state index in [9.17, 15) is 5.11 Å². The highest BCUT2D eigenvalue weighted by Crippen LogP contribution is 2.21. The molecule has 2 nitrogen and oxygen atoms in total. The fraction of sp³-hybridized carbons (Fsp3) is 0.556. The smallest absolute Gasteiger partial charge is 0.0809 e. The van der Waals surface area contributed by atoms with E-state index in [4.69, 9.17) is 4.74 Å². The minimum absolute atomic E-state index is 0.103. The van der Waals surface area contributed by atoms with Crippen molar-refractivity contribution in [3.8, 4) is 0 Å². The van der Waals surface area contributed by atoms with Crippen molar-refractivity contribution in [1.29, 1.82) is 0 Å². The van der Waals surface area contributed by atoms with Gasteiger partial charge in [-0.2, -0.15) is 0 Å². The average molecular weight is 154 g/mol. The van der Waals surface area contributed by atoms with Crippen molar-refractivity contribution in [3.05, 3.63) is 24.3 Å². The molecule has 1 fully saturated rings. The Bertz CT molecular complexity index is 172. The van der Waals surface area contributed by atoms with Gasteiger partial charge in [-0.25, -0.2) is 0 Å².